The van der Waals surface area contributed by atoms with Crippen molar-refractivity contribution in [2.75, 3.05) is 13.2 Å². The van der Waals surface area contributed by atoms with Gasteiger partial charge in [0, 0.05) is 23.1 Å². The van der Waals surface area contributed by atoms with Crippen molar-refractivity contribution < 1.29 is 14.4 Å². The molecule has 0 aromatic carbocycles. The SMILES string of the molecule is CC(C)(C)[S+]([O-])NC1(c2cc(Cl)cnc2CO)COC1. The fourth-order valence-electron chi connectivity index (χ4n) is 1.91. The van der Waals surface area contributed by atoms with Crippen molar-refractivity contribution in [3.8, 4) is 0 Å². The van der Waals surface area contributed by atoms with Gasteiger partial charge in [0.15, 0.2) is 0 Å². The number of nitrogens with zero attached hydrogens (tertiary/aromatic N) is 1. The maximum absolute atomic E-state index is 12.4. The molecule has 1 aliphatic rings. The zero-order valence-corrected chi connectivity index (χ0v) is 13.3. The van der Waals surface area contributed by atoms with E-state index in [0.29, 0.717) is 23.9 Å². The molecule has 2 heterocycles. The van der Waals surface area contributed by atoms with E-state index in [1.165, 1.54) is 6.20 Å². The molecule has 1 atom stereocenters. The molecule has 2 N–H and O–H groups in total. The summed E-state index contributed by atoms with van der Waals surface area (Å²) in [6, 6.07) is 1.75. The Labute approximate surface area is 127 Å². The van der Waals surface area contributed by atoms with Crippen LogP contribution in [-0.4, -0.2) is 32.6 Å². The topological polar surface area (TPSA) is 77.4 Å². The monoisotopic (exact) mass is 318 g/mol. The van der Waals surface area contributed by atoms with Gasteiger partial charge >= 0.3 is 0 Å². The van der Waals surface area contributed by atoms with Gasteiger partial charge in [-0.05, 0) is 26.8 Å². The van der Waals surface area contributed by atoms with Crippen molar-refractivity contribution in [1.82, 2.24) is 9.71 Å². The van der Waals surface area contributed by atoms with Crippen molar-refractivity contribution >= 4 is 23.0 Å². The van der Waals surface area contributed by atoms with Crippen LogP contribution in [0.2, 0.25) is 5.02 Å². The second kappa shape index (κ2) is 5.79. The predicted octanol–water partition coefficient (Wildman–Crippen LogP) is 1.50. The van der Waals surface area contributed by atoms with E-state index in [1.54, 1.807) is 6.07 Å². The van der Waals surface area contributed by atoms with Crippen LogP contribution in [0.1, 0.15) is 32.0 Å². The molecule has 5 nitrogen and oxygen atoms in total. The van der Waals surface area contributed by atoms with Crippen LogP contribution in [0.15, 0.2) is 12.3 Å². The summed E-state index contributed by atoms with van der Waals surface area (Å²) in [5.74, 6) is 0. The van der Waals surface area contributed by atoms with Gasteiger partial charge in [-0.2, -0.15) is 0 Å². The van der Waals surface area contributed by atoms with Crippen molar-refractivity contribution in [2.45, 2.75) is 37.7 Å². The van der Waals surface area contributed by atoms with Crippen LogP contribution in [0, 0.1) is 0 Å². The molecule has 1 unspecified atom stereocenters. The number of hydrogen-bond donors (Lipinski definition) is 2. The number of halogens is 1. The summed E-state index contributed by atoms with van der Waals surface area (Å²) < 4.78 is 20.4. The molecule has 7 heteroatoms. The number of aliphatic hydroxyl groups excluding tert-OH is 1. The van der Waals surface area contributed by atoms with Crippen molar-refractivity contribution in [2.24, 2.45) is 0 Å². The van der Waals surface area contributed by atoms with Crippen LogP contribution in [0.25, 0.3) is 0 Å². The number of hydrogen-bond acceptors (Lipinski definition) is 5. The Morgan fingerprint density at radius 1 is 1.55 bits per heavy atom. The van der Waals surface area contributed by atoms with Gasteiger partial charge in [-0.3, -0.25) is 4.98 Å². The lowest BCUT2D eigenvalue weighted by Gasteiger charge is -2.43. The van der Waals surface area contributed by atoms with Crippen molar-refractivity contribution in [3.63, 3.8) is 0 Å². The van der Waals surface area contributed by atoms with Gasteiger partial charge in [-0.1, -0.05) is 11.6 Å². The molecule has 1 aliphatic heterocycles. The first-order valence-corrected chi connectivity index (χ1v) is 7.84. The Balaban J connectivity index is 2.34. The summed E-state index contributed by atoms with van der Waals surface area (Å²) >= 11 is 4.74. The van der Waals surface area contributed by atoms with E-state index in [1.807, 2.05) is 20.8 Å². The standard InChI is InChI=1S/C13H19ClN2O3S/c1-12(2,3)20(18)16-13(7-19-8-13)10-4-9(14)5-15-11(10)6-17/h4-5,16-17H,6-8H2,1-3H3. The third-order valence-corrected chi connectivity index (χ3v) is 5.04. The zero-order valence-electron chi connectivity index (χ0n) is 11.8. The molecule has 0 saturated carbocycles. The molecule has 1 aromatic heterocycles. The van der Waals surface area contributed by atoms with E-state index in [9.17, 15) is 9.66 Å². The highest BCUT2D eigenvalue weighted by molar-refractivity contribution is 7.90. The van der Waals surface area contributed by atoms with E-state index in [-0.39, 0.29) is 6.61 Å². The number of pyridine rings is 1. The molecule has 0 aliphatic carbocycles. The van der Waals surface area contributed by atoms with Gasteiger partial charge in [-0.25, -0.2) is 0 Å². The van der Waals surface area contributed by atoms with Crippen LogP contribution in [0.4, 0.5) is 0 Å². The molecular weight excluding hydrogens is 300 g/mol. The average Bonchev–Trinajstić information content (AvgIpc) is 2.32. The first-order valence-electron chi connectivity index (χ1n) is 6.32. The molecule has 0 radical (unpaired) electrons. The van der Waals surface area contributed by atoms with Crippen molar-refractivity contribution in [3.05, 3.63) is 28.5 Å². The Morgan fingerprint density at radius 2 is 2.20 bits per heavy atom. The molecular formula is C13H19ClN2O3S. The zero-order chi connectivity index (χ0) is 15.0. The third-order valence-electron chi connectivity index (χ3n) is 3.14. The van der Waals surface area contributed by atoms with E-state index >= 15 is 0 Å². The quantitative estimate of drug-likeness (QED) is 0.823. The van der Waals surface area contributed by atoms with E-state index in [0.717, 1.165) is 5.56 Å². The second-order valence-electron chi connectivity index (χ2n) is 5.86. The fourth-order valence-corrected chi connectivity index (χ4v) is 2.96. The first kappa shape index (κ1) is 16.0. The number of aliphatic hydroxyl groups is 1. The smallest absolute Gasteiger partial charge is 0.136 e. The lowest BCUT2D eigenvalue weighted by atomic mass is 9.88. The normalized spacial score (nSPS) is 19.5. The Bertz CT molecular complexity index is 489. The van der Waals surface area contributed by atoms with E-state index in [2.05, 4.69) is 9.71 Å². The van der Waals surface area contributed by atoms with Gasteiger partial charge < -0.3 is 14.4 Å². The molecule has 1 fully saturated rings. The third kappa shape index (κ3) is 3.10. The molecule has 0 spiro atoms. The second-order valence-corrected chi connectivity index (χ2v) is 8.27. The first-order chi connectivity index (χ1) is 9.28. The van der Waals surface area contributed by atoms with Gasteiger partial charge in [-0.15, -0.1) is 4.72 Å². The number of aromatic nitrogens is 1. The highest BCUT2D eigenvalue weighted by Crippen LogP contribution is 2.35. The Hall–Kier alpha value is -0.370. The lowest BCUT2D eigenvalue weighted by Crippen LogP contribution is -2.62. The summed E-state index contributed by atoms with van der Waals surface area (Å²) in [6.45, 7) is 6.25. The van der Waals surface area contributed by atoms with Crippen LogP contribution >= 0.6 is 11.6 Å². The molecule has 2 rings (SSSR count). The highest BCUT2D eigenvalue weighted by atomic mass is 35.5. The van der Waals surface area contributed by atoms with Gasteiger partial charge in [0.05, 0.1) is 30.5 Å². The Morgan fingerprint density at radius 3 is 2.65 bits per heavy atom. The van der Waals surface area contributed by atoms with Gasteiger partial charge in [0.2, 0.25) is 0 Å². The fraction of sp³-hybridized carbons (Fsp3) is 0.615. The molecule has 0 amide bonds. The van der Waals surface area contributed by atoms with Crippen LogP contribution in [0.5, 0.6) is 0 Å². The van der Waals surface area contributed by atoms with E-state index in [4.69, 9.17) is 16.3 Å². The molecule has 112 valence electrons. The maximum Gasteiger partial charge on any atom is 0.136 e. The molecule has 1 saturated heterocycles. The summed E-state index contributed by atoms with van der Waals surface area (Å²) in [5.41, 5.74) is 0.668. The molecule has 20 heavy (non-hydrogen) atoms. The number of nitrogens with one attached hydrogen (secondary N) is 1. The van der Waals surface area contributed by atoms with Crippen molar-refractivity contribution in [1.29, 1.82) is 0 Å². The maximum atomic E-state index is 12.4. The summed E-state index contributed by atoms with van der Waals surface area (Å²) in [6.07, 6.45) is 1.49. The molecule has 0 bridgehead atoms. The largest absolute Gasteiger partial charge is 0.598 e. The van der Waals surface area contributed by atoms with Gasteiger partial charge in [0.1, 0.15) is 10.3 Å². The lowest BCUT2D eigenvalue weighted by molar-refractivity contribution is -0.0676. The number of rotatable bonds is 4. The Kier molecular flexibility index (Phi) is 4.63. The van der Waals surface area contributed by atoms with Crippen LogP contribution in [0.3, 0.4) is 0 Å². The van der Waals surface area contributed by atoms with Gasteiger partial charge in [0.25, 0.3) is 0 Å². The average molecular weight is 319 g/mol. The summed E-state index contributed by atoms with van der Waals surface area (Å²) in [5, 5.41) is 9.91. The molecule has 1 aromatic rings. The predicted molar refractivity (Wildman–Crippen MR) is 78.7 cm³/mol. The van der Waals surface area contributed by atoms with Crippen LogP contribution < -0.4 is 4.72 Å². The van der Waals surface area contributed by atoms with E-state index < -0.39 is 21.6 Å². The number of ether oxygens (including phenoxy) is 1. The minimum absolute atomic E-state index is 0.196. The minimum Gasteiger partial charge on any atom is -0.598 e. The summed E-state index contributed by atoms with van der Waals surface area (Å²) in [4.78, 5) is 4.14. The minimum atomic E-state index is -1.26. The highest BCUT2D eigenvalue weighted by Gasteiger charge is 2.48. The summed E-state index contributed by atoms with van der Waals surface area (Å²) in [7, 11) is 0. The van der Waals surface area contributed by atoms with Crippen LogP contribution in [-0.2, 0) is 28.2 Å².